The van der Waals surface area contributed by atoms with E-state index in [2.05, 4.69) is 10.2 Å². The molecule has 0 saturated heterocycles. The third kappa shape index (κ3) is 3.64. The zero-order valence-corrected chi connectivity index (χ0v) is 14.8. The molecule has 0 unspecified atom stereocenters. The Hall–Kier alpha value is -3.67. The molecule has 27 heavy (non-hydrogen) atoms. The number of hydrogen-bond acceptors (Lipinski definition) is 4. The molecule has 0 amide bonds. The van der Waals surface area contributed by atoms with Gasteiger partial charge in [0, 0.05) is 11.6 Å². The Kier molecular flexibility index (Phi) is 4.53. The van der Waals surface area contributed by atoms with Crippen LogP contribution in [-0.2, 0) is 6.54 Å². The molecule has 0 bridgehead atoms. The zero-order valence-electron chi connectivity index (χ0n) is 14.8. The van der Waals surface area contributed by atoms with Crippen LogP contribution < -0.4 is 10.3 Å². The summed E-state index contributed by atoms with van der Waals surface area (Å²) in [6.45, 7) is 0.576. The lowest BCUT2D eigenvalue weighted by atomic mass is 10.1. The monoisotopic (exact) mass is 358 g/mol. The largest absolute Gasteiger partial charge is 0.497 e. The number of H-pyrrole nitrogens is 1. The molecule has 2 heterocycles. The van der Waals surface area contributed by atoms with Crippen molar-refractivity contribution in [3.8, 4) is 28.4 Å². The van der Waals surface area contributed by atoms with E-state index in [0.717, 1.165) is 28.3 Å². The number of hydrogen-bond donors (Lipinski definition) is 1. The number of nitrogens with one attached hydrogen (secondary N) is 1. The molecule has 6 heteroatoms. The highest BCUT2D eigenvalue weighted by Crippen LogP contribution is 2.25. The molecule has 0 aliphatic rings. The van der Waals surface area contributed by atoms with E-state index in [-0.39, 0.29) is 5.56 Å². The summed E-state index contributed by atoms with van der Waals surface area (Å²) in [5.74, 6) is 0.812. The highest BCUT2D eigenvalue weighted by atomic mass is 16.5. The van der Waals surface area contributed by atoms with Gasteiger partial charge in [-0.25, -0.2) is 5.10 Å². The Morgan fingerprint density at radius 1 is 0.963 bits per heavy atom. The maximum absolute atomic E-state index is 11.4. The first-order valence-electron chi connectivity index (χ1n) is 8.55. The van der Waals surface area contributed by atoms with Crippen LogP contribution >= 0.6 is 0 Å². The maximum Gasteiger partial charge on any atom is 0.264 e. The summed E-state index contributed by atoms with van der Waals surface area (Å²) in [5, 5.41) is 11.4. The standard InChI is InChI=1S/C21H18N4O2/c1-27-17-9-7-15(8-10-17)14-25-20(18-11-12-21(26)23-22-18)13-19(24-25)16-5-3-2-4-6-16/h2-13H,14H2,1H3,(H,23,26). The lowest BCUT2D eigenvalue weighted by molar-refractivity contribution is 0.414. The molecule has 0 saturated carbocycles. The Bertz CT molecular complexity index is 1080. The molecule has 0 fully saturated rings. The molecule has 0 aliphatic heterocycles. The van der Waals surface area contributed by atoms with Gasteiger partial charge < -0.3 is 4.74 Å². The average molecular weight is 358 g/mol. The highest BCUT2D eigenvalue weighted by molar-refractivity contribution is 5.66. The van der Waals surface area contributed by atoms with E-state index in [1.165, 1.54) is 6.07 Å². The van der Waals surface area contributed by atoms with Gasteiger partial charge in [0.05, 0.1) is 25.0 Å². The second-order valence-corrected chi connectivity index (χ2v) is 6.09. The van der Waals surface area contributed by atoms with E-state index < -0.39 is 0 Å². The van der Waals surface area contributed by atoms with Crippen LogP contribution in [0.15, 0.2) is 77.6 Å². The van der Waals surface area contributed by atoms with Crippen molar-refractivity contribution < 1.29 is 4.74 Å². The highest BCUT2D eigenvalue weighted by Gasteiger charge is 2.13. The number of ether oxygens (including phenoxy) is 1. The quantitative estimate of drug-likeness (QED) is 0.594. The normalized spacial score (nSPS) is 10.7. The number of aromatic amines is 1. The van der Waals surface area contributed by atoms with Gasteiger partial charge in [-0.3, -0.25) is 9.48 Å². The van der Waals surface area contributed by atoms with Gasteiger partial charge in [0.25, 0.3) is 5.56 Å². The summed E-state index contributed by atoms with van der Waals surface area (Å²) < 4.78 is 7.11. The second-order valence-electron chi connectivity index (χ2n) is 6.09. The van der Waals surface area contributed by atoms with Crippen LogP contribution in [0.4, 0.5) is 0 Å². The van der Waals surface area contributed by atoms with E-state index in [1.807, 2.05) is 65.3 Å². The molecule has 4 rings (SSSR count). The summed E-state index contributed by atoms with van der Waals surface area (Å²) in [6, 6.07) is 23.0. The van der Waals surface area contributed by atoms with Crippen molar-refractivity contribution in [3.63, 3.8) is 0 Å². The van der Waals surface area contributed by atoms with Gasteiger partial charge in [0.2, 0.25) is 0 Å². The molecular weight excluding hydrogens is 340 g/mol. The molecule has 2 aromatic carbocycles. The summed E-state index contributed by atoms with van der Waals surface area (Å²) in [7, 11) is 1.65. The third-order valence-electron chi connectivity index (χ3n) is 4.28. The molecule has 2 aromatic heterocycles. The summed E-state index contributed by atoms with van der Waals surface area (Å²) >= 11 is 0. The van der Waals surface area contributed by atoms with Gasteiger partial charge in [-0.15, -0.1) is 0 Å². The Morgan fingerprint density at radius 2 is 1.74 bits per heavy atom. The molecule has 0 atom stereocenters. The smallest absolute Gasteiger partial charge is 0.264 e. The Morgan fingerprint density at radius 3 is 2.41 bits per heavy atom. The fourth-order valence-electron chi connectivity index (χ4n) is 2.88. The average Bonchev–Trinajstić information content (AvgIpc) is 3.13. The molecule has 6 nitrogen and oxygen atoms in total. The molecule has 0 aliphatic carbocycles. The van der Waals surface area contributed by atoms with Gasteiger partial charge in [-0.05, 0) is 29.8 Å². The minimum Gasteiger partial charge on any atom is -0.497 e. The van der Waals surface area contributed by atoms with Crippen LogP contribution in [0.3, 0.4) is 0 Å². The number of benzene rings is 2. The van der Waals surface area contributed by atoms with Crippen molar-refractivity contribution >= 4 is 0 Å². The van der Waals surface area contributed by atoms with Gasteiger partial charge in [0.15, 0.2) is 0 Å². The van der Waals surface area contributed by atoms with Crippen molar-refractivity contribution in [1.29, 1.82) is 0 Å². The maximum atomic E-state index is 11.4. The fraction of sp³-hybridized carbons (Fsp3) is 0.0952. The van der Waals surface area contributed by atoms with Crippen molar-refractivity contribution in [2.75, 3.05) is 7.11 Å². The molecule has 134 valence electrons. The lowest BCUT2D eigenvalue weighted by Crippen LogP contribution is -2.09. The van der Waals surface area contributed by atoms with E-state index in [9.17, 15) is 4.79 Å². The zero-order chi connectivity index (χ0) is 18.6. The molecular formula is C21H18N4O2. The van der Waals surface area contributed by atoms with E-state index in [0.29, 0.717) is 12.2 Å². The van der Waals surface area contributed by atoms with Crippen LogP contribution in [0.1, 0.15) is 5.56 Å². The van der Waals surface area contributed by atoms with Gasteiger partial charge in [-0.1, -0.05) is 42.5 Å². The SMILES string of the molecule is COc1ccc(Cn2nc(-c3ccccc3)cc2-c2ccc(=O)[nH]n2)cc1. The van der Waals surface area contributed by atoms with Crippen LogP contribution in [0.5, 0.6) is 5.75 Å². The molecule has 0 spiro atoms. The van der Waals surface area contributed by atoms with Crippen molar-refractivity contribution in [1.82, 2.24) is 20.0 Å². The van der Waals surface area contributed by atoms with Crippen LogP contribution in [0.25, 0.3) is 22.6 Å². The van der Waals surface area contributed by atoms with E-state index in [4.69, 9.17) is 9.84 Å². The minimum atomic E-state index is -0.233. The molecule has 4 aromatic rings. The van der Waals surface area contributed by atoms with Crippen LogP contribution in [0, 0.1) is 0 Å². The van der Waals surface area contributed by atoms with Crippen molar-refractivity contribution in [2.24, 2.45) is 0 Å². The van der Waals surface area contributed by atoms with Crippen molar-refractivity contribution in [3.05, 3.63) is 88.7 Å². The lowest BCUT2D eigenvalue weighted by Gasteiger charge is -2.08. The van der Waals surface area contributed by atoms with E-state index >= 15 is 0 Å². The van der Waals surface area contributed by atoms with Gasteiger partial charge in [0.1, 0.15) is 11.4 Å². The number of nitrogens with zero attached hydrogens (tertiary/aromatic N) is 3. The van der Waals surface area contributed by atoms with Crippen LogP contribution in [-0.4, -0.2) is 27.1 Å². The summed E-state index contributed by atoms with van der Waals surface area (Å²) in [5.41, 5.74) is 4.23. The third-order valence-corrected chi connectivity index (χ3v) is 4.28. The number of aromatic nitrogens is 4. The summed E-state index contributed by atoms with van der Waals surface area (Å²) in [6.07, 6.45) is 0. The Balaban J connectivity index is 1.76. The van der Waals surface area contributed by atoms with Crippen molar-refractivity contribution in [2.45, 2.75) is 6.54 Å². The summed E-state index contributed by atoms with van der Waals surface area (Å²) in [4.78, 5) is 11.4. The van der Waals surface area contributed by atoms with Crippen LogP contribution in [0.2, 0.25) is 0 Å². The second kappa shape index (κ2) is 7.29. The van der Waals surface area contributed by atoms with Gasteiger partial charge in [-0.2, -0.15) is 10.2 Å². The fourth-order valence-corrected chi connectivity index (χ4v) is 2.88. The first-order valence-corrected chi connectivity index (χ1v) is 8.55. The topological polar surface area (TPSA) is 72.8 Å². The number of methoxy groups -OCH3 is 1. The molecule has 1 N–H and O–H groups in total. The van der Waals surface area contributed by atoms with E-state index in [1.54, 1.807) is 13.2 Å². The minimum absolute atomic E-state index is 0.233. The van der Waals surface area contributed by atoms with Gasteiger partial charge >= 0.3 is 0 Å². The first kappa shape index (κ1) is 16.8. The first-order chi connectivity index (χ1) is 13.2. The molecule has 0 radical (unpaired) electrons. The Labute approximate surface area is 156 Å². The number of rotatable bonds is 5. The predicted octanol–water partition coefficient (Wildman–Crippen LogP) is 3.36. The predicted molar refractivity (Wildman–Crippen MR) is 104 cm³/mol.